The summed E-state index contributed by atoms with van der Waals surface area (Å²) in [5.74, 6) is 0.917. The molecule has 2 rings (SSSR count). The molecule has 18 heavy (non-hydrogen) atoms. The summed E-state index contributed by atoms with van der Waals surface area (Å²) in [7, 11) is 0. The molecule has 0 radical (unpaired) electrons. The smallest absolute Gasteiger partial charge is 0.119 e. The van der Waals surface area contributed by atoms with Crippen LogP contribution in [0.15, 0.2) is 40.2 Å². The van der Waals surface area contributed by atoms with Crippen molar-refractivity contribution in [3.05, 3.63) is 50.6 Å². The monoisotopic (exact) mass is 388 g/mol. The van der Waals surface area contributed by atoms with Crippen LogP contribution in [0.4, 0.5) is 0 Å². The minimum Gasteiger partial charge on any atom is -0.491 e. The highest BCUT2D eigenvalue weighted by Gasteiger charge is 2.12. The minimum atomic E-state index is 0.212. The molecule has 0 saturated carbocycles. The molecule has 0 spiro atoms. The number of halogens is 2. The van der Waals surface area contributed by atoms with Crippen LogP contribution < -0.4 is 4.74 Å². The molecule has 0 bridgehead atoms. The van der Waals surface area contributed by atoms with E-state index in [1.165, 1.54) is 10.4 Å². The van der Waals surface area contributed by atoms with E-state index in [9.17, 15) is 0 Å². The van der Waals surface area contributed by atoms with Crippen molar-refractivity contribution in [3.63, 3.8) is 0 Å². The van der Waals surface area contributed by atoms with Crippen molar-refractivity contribution < 1.29 is 4.74 Å². The van der Waals surface area contributed by atoms with Crippen LogP contribution in [-0.4, -0.2) is 6.10 Å². The van der Waals surface area contributed by atoms with E-state index in [1.807, 2.05) is 26.0 Å². The van der Waals surface area contributed by atoms with E-state index in [4.69, 9.17) is 4.74 Å². The van der Waals surface area contributed by atoms with Gasteiger partial charge in [-0.15, -0.1) is 11.3 Å². The van der Waals surface area contributed by atoms with Gasteiger partial charge < -0.3 is 4.74 Å². The molecule has 1 heterocycles. The number of alkyl halides is 1. The van der Waals surface area contributed by atoms with E-state index in [0.717, 1.165) is 9.54 Å². The Hall–Kier alpha value is -0.320. The van der Waals surface area contributed by atoms with Crippen LogP contribution in [0.1, 0.15) is 29.1 Å². The standard InChI is InChI=1S/C14H14Br2OS/c1-9(2)17-11-5-3-10(4-6-11)14(16)12-7-8-13(15)18-12/h3-9,14H,1-2H3. The first kappa shape index (κ1) is 14.1. The molecule has 0 N–H and O–H groups in total. The largest absolute Gasteiger partial charge is 0.491 e. The fourth-order valence-electron chi connectivity index (χ4n) is 1.62. The van der Waals surface area contributed by atoms with Gasteiger partial charge in [-0.3, -0.25) is 0 Å². The SMILES string of the molecule is CC(C)Oc1ccc(C(Br)c2ccc(Br)s2)cc1. The summed E-state index contributed by atoms with van der Waals surface area (Å²) in [5, 5.41) is 0. The molecule has 1 nitrogen and oxygen atoms in total. The van der Waals surface area contributed by atoms with Gasteiger partial charge in [0.25, 0.3) is 0 Å². The third-order valence-electron chi connectivity index (χ3n) is 2.39. The van der Waals surface area contributed by atoms with Crippen molar-refractivity contribution in [3.8, 4) is 5.75 Å². The van der Waals surface area contributed by atoms with Gasteiger partial charge in [-0.05, 0) is 59.6 Å². The van der Waals surface area contributed by atoms with Gasteiger partial charge in [-0.2, -0.15) is 0 Å². The topological polar surface area (TPSA) is 9.23 Å². The fourth-order valence-corrected chi connectivity index (χ4v) is 3.78. The summed E-state index contributed by atoms with van der Waals surface area (Å²) in [6.45, 7) is 4.06. The Balaban J connectivity index is 2.14. The third kappa shape index (κ3) is 3.59. The molecule has 0 amide bonds. The van der Waals surface area contributed by atoms with Crippen LogP contribution in [0.2, 0.25) is 0 Å². The highest BCUT2D eigenvalue weighted by molar-refractivity contribution is 9.11. The lowest BCUT2D eigenvalue weighted by Crippen LogP contribution is -2.05. The molecule has 0 aliphatic rings. The fraction of sp³-hybridized carbons (Fsp3) is 0.286. The number of ether oxygens (including phenoxy) is 1. The van der Waals surface area contributed by atoms with Gasteiger partial charge in [0, 0.05) is 4.88 Å². The Labute approximate surface area is 128 Å². The van der Waals surface area contributed by atoms with Crippen LogP contribution in [-0.2, 0) is 0 Å². The average molecular weight is 390 g/mol. The third-order valence-corrected chi connectivity index (χ3v) is 5.40. The summed E-state index contributed by atoms with van der Waals surface area (Å²) in [5.41, 5.74) is 1.24. The molecule has 1 aromatic heterocycles. The number of rotatable bonds is 4. The van der Waals surface area contributed by atoms with Crippen LogP contribution in [0, 0.1) is 0 Å². The Bertz CT molecular complexity index is 505. The number of hydrogen-bond acceptors (Lipinski definition) is 2. The van der Waals surface area contributed by atoms with Crippen molar-refractivity contribution >= 4 is 43.2 Å². The van der Waals surface area contributed by atoms with Crippen molar-refractivity contribution in [1.82, 2.24) is 0 Å². The zero-order chi connectivity index (χ0) is 13.1. The quantitative estimate of drug-likeness (QED) is 0.602. The molecule has 96 valence electrons. The first-order chi connectivity index (χ1) is 8.56. The Morgan fingerprint density at radius 2 is 1.72 bits per heavy atom. The number of thiophene rings is 1. The average Bonchev–Trinajstić information content (AvgIpc) is 2.75. The molecule has 0 fully saturated rings. The van der Waals surface area contributed by atoms with E-state index >= 15 is 0 Å². The van der Waals surface area contributed by atoms with Gasteiger partial charge in [0.15, 0.2) is 0 Å². The van der Waals surface area contributed by atoms with Crippen LogP contribution >= 0.6 is 43.2 Å². The van der Waals surface area contributed by atoms with E-state index in [-0.39, 0.29) is 10.9 Å². The predicted molar refractivity (Wildman–Crippen MR) is 85.0 cm³/mol. The maximum absolute atomic E-state index is 5.64. The van der Waals surface area contributed by atoms with Crippen molar-refractivity contribution in [2.75, 3.05) is 0 Å². The molecular formula is C14H14Br2OS. The van der Waals surface area contributed by atoms with Crippen LogP contribution in [0.3, 0.4) is 0 Å². The Morgan fingerprint density at radius 1 is 1.06 bits per heavy atom. The molecule has 0 saturated heterocycles. The molecule has 0 aliphatic heterocycles. The summed E-state index contributed by atoms with van der Waals surface area (Å²) in [6, 6.07) is 12.4. The second-order valence-corrected chi connectivity index (χ2v) is 7.65. The highest BCUT2D eigenvalue weighted by Crippen LogP contribution is 2.37. The van der Waals surface area contributed by atoms with E-state index in [0.29, 0.717) is 0 Å². The first-order valence-electron chi connectivity index (χ1n) is 5.72. The molecule has 4 heteroatoms. The highest BCUT2D eigenvalue weighted by atomic mass is 79.9. The van der Waals surface area contributed by atoms with Crippen molar-refractivity contribution in [1.29, 1.82) is 0 Å². The van der Waals surface area contributed by atoms with Gasteiger partial charge in [-0.1, -0.05) is 28.1 Å². The lowest BCUT2D eigenvalue weighted by Gasteiger charge is -2.12. The molecule has 1 unspecified atom stereocenters. The van der Waals surface area contributed by atoms with Crippen molar-refractivity contribution in [2.24, 2.45) is 0 Å². The molecule has 1 atom stereocenters. The predicted octanol–water partition coefficient (Wildman–Crippen LogP) is 5.78. The maximum Gasteiger partial charge on any atom is 0.119 e. The zero-order valence-electron chi connectivity index (χ0n) is 10.2. The Morgan fingerprint density at radius 3 is 2.22 bits per heavy atom. The van der Waals surface area contributed by atoms with Crippen LogP contribution in [0.5, 0.6) is 5.75 Å². The molecule has 2 aromatic rings. The molecule has 1 aromatic carbocycles. The van der Waals surface area contributed by atoms with Crippen molar-refractivity contribution in [2.45, 2.75) is 24.8 Å². The summed E-state index contributed by atoms with van der Waals surface area (Å²) < 4.78 is 6.79. The summed E-state index contributed by atoms with van der Waals surface area (Å²) >= 11 is 8.97. The number of hydrogen-bond donors (Lipinski definition) is 0. The Kier molecular flexibility index (Phi) is 4.87. The zero-order valence-corrected chi connectivity index (χ0v) is 14.2. The number of benzene rings is 1. The van der Waals surface area contributed by atoms with Gasteiger partial charge in [0.05, 0.1) is 14.7 Å². The summed E-state index contributed by atoms with van der Waals surface area (Å²) in [6.07, 6.45) is 0.212. The van der Waals surface area contributed by atoms with E-state index in [1.54, 1.807) is 11.3 Å². The van der Waals surface area contributed by atoms with Gasteiger partial charge in [-0.25, -0.2) is 0 Å². The second-order valence-electron chi connectivity index (χ2n) is 4.24. The van der Waals surface area contributed by atoms with Gasteiger partial charge in [0.2, 0.25) is 0 Å². The normalized spacial score (nSPS) is 12.7. The van der Waals surface area contributed by atoms with E-state index in [2.05, 4.69) is 56.1 Å². The maximum atomic E-state index is 5.64. The minimum absolute atomic E-state index is 0.212. The molecular weight excluding hydrogens is 376 g/mol. The molecule has 0 aliphatic carbocycles. The van der Waals surface area contributed by atoms with Gasteiger partial charge >= 0.3 is 0 Å². The lowest BCUT2D eigenvalue weighted by molar-refractivity contribution is 0.242. The van der Waals surface area contributed by atoms with Crippen LogP contribution in [0.25, 0.3) is 0 Å². The van der Waals surface area contributed by atoms with Gasteiger partial charge in [0.1, 0.15) is 5.75 Å². The first-order valence-corrected chi connectivity index (χ1v) is 8.24. The summed E-state index contributed by atoms with van der Waals surface area (Å²) in [4.78, 5) is 1.53. The van der Waals surface area contributed by atoms with E-state index < -0.39 is 0 Å². The second kappa shape index (κ2) is 6.22. The lowest BCUT2D eigenvalue weighted by atomic mass is 10.1.